The first kappa shape index (κ1) is 17.3. The lowest BCUT2D eigenvalue weighted by Crippen LogP contribution is -2.33. The van der Waals surface area contributed by atoms with Crippen molar-refractivity contribution in [3.05, 3.63) is 41.2 Å². The van der Waals surface area contributed by atoms with E-state index in [1.165, 1.54) is 0 Å². The number of aliphatic hydroxyl groups is 1. The molecular formula is C17H21N3O5S. The van der Waals surface area contributed by atoms with Crippen LogP contribution < -0.4 is 9.47 Å². The Hall–Kier alpha value is -2.10. The van der Waals surface area contributed by atoms with E-state index in [4.69, 9.17) is 9.47 Å². The Bertz CT molecular complexity index is 924. The zero-order valence-electron chi connectivity index (χ0n) is 14.5. The van der Waals surface area contributed by atoms with Crippen LogP contribution in [0.1, 0.15) is 23.1 Å². The molecule has 0 saturated heterocycles. The Morgan fingerprint density at radius 1 is 1.23 bits per heavy atom. The normalized spacial score (nSPS) is 17.9. The summed E-state index contributed by atoms with van der Waals surface area (Å²) in [5.74, 6) is 1.23. The number of benzene rings is 1. The highest BCUT2D eigenvalue weighted by Crippen LogP contribution is 2.33. The molecular weight excluding hydrogens is 358 g/mol. The second-order valence-corrected chi connectivity index (χ2v) is 8.98. The van der Waals surface area contributed by atoms with Gasteiger partial charge in [0.05, 0.1) is 23.7 Å². The molecule has 26 heavy (non-hydrogen) atoms. The first-order valence-corrected chi connectivity index (χ1v) is 10.5. The molecule has 4 rings (SSSR count). The Labute approximate surface area is 151 Å². The number of ether oxygens (including phenoxy) is 2. The van der Waals surface area contributed by atoms with E-state index in [0.29, 0.717) is 18.8 Å². The Morgan fingerprint density at radius 2 is 2.04 bits per heavy atom. The maximum Gasteiger partial charge on any atom is 0.231 e. The van der Waals surface area contributed by atoms with Crippen molar-refractivity contribution in [2.45, 2.75) is 25.7 Å². The summed E-state index contributed by atoms with van der Waals surface area (Å²) in [5, 5.41) is 14.5. The van der Waals surface area contributed by atoms with Gasteiger partial charge in [0.25, 0.3) is 0 Å². The first-order chi connectivity index (χ1) is 12.4. The van der Waals surface area contributed by atoms with Crippen LogP contribution in [0.15, 0.2) is 24.3 Å². The van der Waals surface area contributed by atoms with Crippen molar-refractivity contribution in [2.24, 2.45) is 0 Å². The van der Waals surface area contributed by atoms with E-state index >= 15 is 0 Å². The SMILES string of the molecule is CS(=O)(=O)C[C@H](O)c1cc2n(n1)CCN(Cc1ccc3c(c1)OCO3)C2. The van der Waals surface area contributed by atoms with Crippen molar-refractivity contribution in [1.29, 1.82) is 0 Å². The predicted molar refractivity (Wildman–Crippen MR) is 93.6 cm³/mol. The monoisotopic (exact) mass is 379 g/mol. The standard InChI is InChI=1S/C17H21N3O5S/c1-26(22,23)10-15(21)14-7-13-9-19(4-5-20(13)18-14)8-12-2-3-16-17(6-12)25-11-24-16/h2-3,6-7,15,21H,4-5,8-11H2,1H3/t15-/m0/s1. The van der Waals surface area contributed by atoms with Crippen molar-refractivity contribution < 1.29 is 23.0 Å². The van der Waals surface area contributed by atoms with E-state index in [1.54, 1.807) is 6.07 Å². The summed E-state index contributed by atoms with van der Waals surface area (Å²) in [5.41, 5.74) is 2.52. The van der Waals surface area contributed by atoms with E-state index in [-0.39, 0.29) is 12.5 Å². The van der Waals surface area contributed by atoms with Crippen molar-refractivity contribution in [1.82, 2.24) is 14.7 Å². The minimum absolute atomic E-state index is 0.264. The van der Waals surface area contributed by atoms with Gasteiger partial charge in [-0.3, -0.25) is 9.58 Å². The number of aromatic nitrogens is 2. The van der Waals surface area contributed by atoms with Gasteiger partial charge in [0.1, 0.15) is 15.9 Å². The molecule has 0 radical (unpaired) electrons. The summed E-state index contributed by atoms with van der Waals surface area (Å²) >= 11 is 0. The van der Waals surface area contributed by atoms with E-state index in [0.717, 1.165) is 42.1 Å². The summed E-state index contributed by atoms with van der Waals surface area (Å²) in [7, 11) is -3.26. The maximum absolute atomic E-state index is 11.4. The Kier molecular flexibility index (Phi) is 4.37. The molecule has 2 aliphatic heterocycles. The Balaban J connectivity index is 1.44. The van der Waals surface area contributed by atoms with Crippen LogP contribution in [0.2, 0.25) is 0 Å². The van der Waals surface area contributed by atoms with Crippen LogP contribution in [0.25, 0.3) is 0 Å². The van der Waals surface area contributed by atoms with Crippen LogP contribution in [0.4, 0.5) is 0 Å². The van der Waals surface area contributed by atoms with Crippen LogP contribution in [0.5, 0.6) is 11.5 Å². The second kappa shape index (κ2) is 6.57. The molecule has 140 valence electrons. The van der Waals surface area contributed by atoms with E-state index in [2.05, 4.69) is 10.00 Å². The predicted octanol–water partition coefficient (Wildman–Crippen LogP) is 0.706. The molecule has 0 amide bonds. The molecule has 2 aliphatic rings. The topological polar surface area (TPSA) is 93.9 Å². The molecule has 0 aliphatic carbocycles. The van der Waals surface area contributed by atoms with Gasteiger partial charge in [-0.2, -0.15) is 5.10 Å². The minimum Gasteiger partial charge on any atom is -0.454 e. The number of hydrogen-bond donors (Lipinski definition) is 1. The number of aliphatic hydroxyl groups excluding tert-OH is 1. The maximum atomic E-state index is 11.4. The van der Waals surface area contributed by atoms with Gasteiger partial charge in [0.15, 0.2) is 11.5 Å². The third-order valence-corrected chi connectivity index (χ3v) is 5.46. The van der Waals surface area contributed by atoms with Crippen molar-refractivity contribution in [2.75, 3.05) is 25.3 Å². The molecule has 1 N–H and O–H groups in total. The minimum atomic E-state index is -3.26. The summed E-state index contributed by atoms with van der Waals surface area (Å²) in [6.45, 7) is 3.24. The van der Waals surface area contributed by atoms with Crippen LogP contribution in [-0.2, 0) is 29.5 Å². The van der Waals surface area contributed by atoms with Crippen molar-refractivity contribution in [3.63, 3.8) is 0 Å². The molecule has 1 atom stereocenters. The van der Waals surface area contributed by atoms with Gasteiger partial charge in [-0.05, 0) is 23.8 Å². The fraction of sp³-hybridized carbons (Fsp3) is 0.471. The van der Waals surface area contributed by atoms with Gasteiger partial charge in [-0.15, -0.1) is 0 Å². The highest BCUT2D eigenvalue weighted by molar-refractivity contribution is 7.90. The highest BCUT2D eigenvalue weighted by Gasteiger charge is 2.23. The first-order valence-electron chi connectivity index (χ1n) is 8.41. The van der Waals surface area contributed by atoms with Crippen LogP contribution in [0.3, 0.4) is 0 Å². The number of sulfone groups is 1. The summed E-state index contributed by atoms with van der Waals surface area (Å²) in [4.78, 5) is 2.28. The fourth-order valence-electron chi connectivity index (χ4n) is 3.31. The molecule has 0 fully saturated rings. The number of nitrogens with zero attached hydrogens (tertiary/aromatic N) is 3. The molecule has 2 aromatic rings. The summed E-state index contributed by atoms with van der Waals surface area (Å²) in [6.07, 6.45) is 0.0182. The molecule has 0 bridgehead atoms. The smallest absolute Gasteiger partial charge is 0.231 e. The van der Waals surface area contributed by atoms with Crippen molar-refractivity contribution in [3.8, 4) is 11.5 Å². The molecule has 0 saturated carbocycles. The molecule has 1 aromatic carbocycles. The quantitative estimate of drug-likeness (QED) is 0.817. The van der Waals surface area contributed by atoms with Gasteiger partial charge in [-0.1, -0.05) is 6.07 Å². The molecule has 3 heterocycles. The van der Waals surface area contributed by atoms with Gasteiger partial charge >= 0.3 is 0 Å². The fourth-order valence-corrected chi connectivity index (χ4v) is 4.05. The van der Waals surface area contributed by atoms with Crippen LogP contribution in [0, 0.1) is 0 Å². The zero-order chi connectivity index (χ0) is 18.3. The van der Waals surface area contributed by atoms with Gasteiger partial charge in [-0.25, -0.2) is 8.42 Å². The van der Waals surface area contributed by atoms with E-state index in [1.807, 2.05) is 22.9 Å². The zero-order valence-corrected chi connectivity index (χ0v) is 15.3. The molecule has 1 aromatic heterocycles. The lowest BCUT2D eigenvalue weighted by Gasteiger charge is -2.27. The largest absolute Gasteiger partial charge is 0.454 e. The van der Waals surface area contributed by atoms with Crippen molar-refractivity contribution >= 4 is 9.84 Å². The highest BCUT2D eigenvalue weighted by atomic mass is 32.2. The Morgan fingerprint density at radius 3 is 2.85 bits per heavy atom. The molecule has 8 nitrogen and oxygen atoms in total. The average molecular weight is 379 g/mol. The van der Waals surface area contributed by atoms with E-state index in [9.17, 15) is 13.5 Å². The van der Waals surface area contributed by atoms with Crippen LogP contribution >= 0.6 is 0 Å². The number of fused-ring (bicyclic) bond motifs is 2. The second-order valence-electron chi connectivity index (χ2n) is 6.79. The lowest BCUT2D eigenvalue weighted by molar-refractivity contribution is 0.173. The average Bonchev–Trinajstić information content (AvgIpc) is 3.18. The van der Waals surface area contributed by atoms with Crippen LogP contribution in [-0.4, -0.2) is 53.6 Å². The number of hydrogen-bond acceptors (Lipinski definition) is 7. The third-order valence-electron chi connectivity index (χ3n) is 4.54. The summed E-state index contributed by atoms with van der Waals surface area (Å²) < 4.78 is 35.3. The lowest BCUT2D eigenvalue weighted by atomic mass is 10.1. The third kappa shape index (κ3) is 3.69. The molecule has 9 heteroatoms. The van der Waals surface area contributed by atoms with Gasteiger partial charge < -0.3 is 14.6 Å². The number of rotatable bonds is 5. The molecule has 0 spiro atoms. The van der Waals surface area contributed by atoms with Gasteiger partial charge in [0.2, 0.25) is 6.79 Å². The molecule has 0 unspecified atom stereocenters. The summed E-state index contributed by atoms with van der Waals surface area (Å²) in [6, 6.07) is 7.74. The van der Waals surface area contributed by atoms with E-state index < -0.39 is 15.9 Å². The van der Waals surface area contributed by atoms with Gasteiger partial charge in [0, 0.05) is 25.9 Å².